The van der Waals surface area contributed by atoms with Crippen LogP contribution in [0.2, 0.25) is 0 Å². The largest absolute Gasteiger partial charge is 0.369 e. The van der Waals surface area contributed by atoms with Crippen molar-refractivity contribution in [2.75, 3.05) is 24.5 Å². The molecule has 0 spiro atoms. The fourth-order valence-electron chi connectivity index (χ4n) is 2.97. The maximum atomic E-state index is 3.68. The molecular formula is C18H22N2. The molecule has 2 aromatic rings. The van der Waals surface area contributed by atoms with Gasteiger partial charge >= 0.3 is 0 Å². The van der Waals surface area contributed by atoms with E-state index in [1.54, 1.807) is 0 Å². The van der Waals surface area contributed by atoms with Crippen molar-refractivity contribution in [3.8, 4) is 0 Å². The first-order valence-electron chi connectivity index (χ1n) is 7.43. The van der Waals surface area contributed by atoms with Crippen molar-refractivity contribution in [3.63, 3.8) is 0 Å². The van der Waals surface area contributed by atoms with Gasteiger partial charge in [-0.3, -0.25) is 0 Å². The van der Waals surface area contributed by atoms with Crippen LogP contribution in [0.25, 0.3) is 0 Å². The van der Waals surface area contributed by atoms with Crippen molar-refractivity contribution in [1.82, 2.24) is 5.32 Å². The van der Waals surface area contributed by atoms with E-state index in [2.05, 4.69) is 71.7 Å². The van der Waals surface area contributed by atoms with E-state index in [0.29, 0.717) is 6.04 Å². The van der Waals surface area contributed by atoms with Gasteiger partial charge < -0.3 is 10.2 Å². The molecule has 0 aromatic heterocycles. The molecule has 2 nitrogen and oxygen atoms in total. The van der Waals surface area contributed by atoms with Gasteiger partial charge in [-0.15, -0.1) is 0 Å². The second-order valence-electron chi connectivity index (χ2n) is 5.50. The number of hydrogen-bond donors (Lipinski definition) is 1. The van der Waals surface area contributed by atoms with E-state index < -0.39 is 0 Å². The Morgan fingerprint density at radius 2 is 1.75 bits per heavy atom. The Morgan fingerprint density at radius 3 is 2.55 bits per heavy atom. The van der Waals surface area contributed by atoms with Gasteiger partial charge in [0.05, 0.1) is 0 Å². The van der Waals surface area contributed by atoms with Crippen molar-refractivity contribution in [2.45, 2.75) is 19.4 Å². The molecule has 1 aliphatic rings. The predicted molar refractivity (Wildman–Crippen MR) is 85.2 cm³/mol. The second-order valence-corrected chi connectivity index (χ2v) is 5.50. The van der Waals surface area contributed by atoms with E-state index in [-0.39, 0.29) is 0 Å². The van der Waals surface area contributed by atoms with Crippen molar-refractivity contribution in [1.29, 1.82) is 0 Å². The molecule has 2 aromatic carbocycles. The van der Waals surface area contributed by atoms with Crippen molar-refractivity contribution >= 4 is 5.69 Å². The number of para-hydroxylation sites is 1. The highest BCUT2D eigenvalue weighted by Crippen LogP contribution is 2.24. The standard InChI is InChI=1S/C18H22N2/c1-15-8-5-6-11-18(15)20-13-7-12-19-17(14-20)16-9-3-2-4-10-16/h2-6,8-11,17,19H,7,12-14H2,1H3. The lowest BCUT2D eigenvalue weighted by molar-refractivity contribution is 0.570. The quantitative estimate of drug-likeness (QED) is 0.894. The summed E-state index contributed by atoms with van der Waals surface area (Å²) < 4.78 is 0. The van der Waals surface area contributed by atoms with Crippen molar-refractivity contribution in [3.05, 3.63) is 65.7 Å². The number of nitrogens with zero attached hydrogens (tertiary/aromatic N) is 1. The highest BCUT2D eigenvalue weighted by molar-refractivity contribution is 5.53. The average Bonchev–Trinajstić information content (AvgIpc) is 2.75. The highest BCUT2D eigenvalue weighted by atomic mass is 15.2. The third-order valence-corrected chi connectivity index (χ3v) is 4.06. The first-order valence-corrected chi connectivity index (χ1v) is 7.43. The van der Waals surface area contributed by atoms with E-state index in [4.69, 9.17) is 0 Å². The summed E-state index contributed by atoms with van der Waals surface area (Å²) >= 11 is 0. The molecule has 1 N–H and O–H groups in total. The van der Waals surface area contributed by atoms with Crippen molar-refractivity contribution in [2.24, 2.45) is 0 Å². The van der Waals surface area contributed by atoms with Crippen LogP contribution in [0.5, 0.6) is 0 Å². The molecule has 1 aliphatic heterocycles. The molecule has 0 bridgehead atoms. The molecule has 0 aliphatic carbocycles. The van der Waals surface area contributed by atoms with Crippen LogP contribution in [0.1, 0.15) is 23.6 Å². The van der Waals surface area contributed by atoms with Crippen LogP contribution in [0.3, 0.4) is 0 Å². The number of nitrogens with one attached hydrogen (secondary N) is 1. The lowest BCUT2D eigenvalue weighted by Crippen LogP contribution is -2.31. The minimum atomic E-state index is 0.415. The maximum Gasteiger partial charge on any atom is 0.0498 e. The van der Waals surface area contributed by atoms with Gasteiger partial charge in [-0.1, -0.05) is 48.5 Å². The summed E-state index contributed by atoms with van der Waals surface area (Å²) in [5.74, 6) is 0. The van der Waals surface area contributed by atoms with Crippen LogP contribution >= 0.6 is 0 Å². The summed E-state index contributed by atoms with van der Waals surface area (Å²) in [6.07, 6.45) is 1.19. The van der Waals surface area contributed by atoms with E-state index in [1.165, 1.54) is 23.2 Å². The second kappa shape index (κ2) is 6.10. The van der Waals surface area contributed by atoms with Gasteiger partial charge in [0.15, 0.2) is 0 Å². The van der Waals surface area contributed by atoms with E-state index in [0.717, 1.165) is 19.6 Å². The smallest absolute Gasteiger partial charge is 0.0498 e. The summed E-state index contributed by atoms with van der Waals surface area (Å²) in [6.45, 7) is 5.45. The number of benzene rings is 2. The molecule has 1 saturated heterocycles. The zero-order valence-electron chi connectivity index (χ0n) is 12.0. The summed E-state index contributed by atoms with van der Waals surface area (Å²) in [7, 11) is 0. The minimum absolute atomic E-state index is 0.415. The number of hydrogen-bond acceptors (Lipinski definition) is 2. The van der Waals surface area contributed by atoms with E-state index in [9.17, 15) is 0 Å². The number of rotatable bonds is 2. The molecule has 0 saturated carbocycles. The van der Waals surface area contributed by atoms with E-state index in [1.807, 2.05) is 0 Å². The predicted octanol–water partition coefficient (Wildman–Crippen LogP) is 3.54. The lowest BCUT2D eigenvalue weighted by atomic mass is 10.1. The molecule has 1 heterocycles. The Hall–Kier alpha value is -1.80. The molecule has 20 heavy (non-hydrogen) atoms. The normalized spacial score (nSPS) is 19.6. The van der Waals surface area contributed by atoms with Crippen LogP contribution < -0.4 is 10.2 Å². The van der Waals surface area contributed by atoms with Crippen LogP contribution in [0, 0.1) is 6.92 Å². The van der Waals surface area contributed by atoms with Crippen molar-refractivity contribution < 1.29 is 0 Å². The van der Waals surface area contributed by atoms with Gasteiger partial charge in [-0.05, 0) is 37.1 Å². The van der Waals surface area contributed by atoms with Crippen LogP contribution in [-0.2, 0) is 0 Å². The molecule has 1 unspecified atom stereocenters. The van der Waals surface area contributed by atoms with Crippen LogP contribution in [-0.4, -0.2) is 19.6 Å². The molecule has 1 fully saturated rings. The molecule has 2 heteroatoms. The minimum Gasteiger partial charge on any atom is -0.369 e. The summed E-state index contributed by atoms with van der Waals surface area (Å²) in [6, 6.07) is 19.9. The number of anilines is 1. The molecule has 0 radical (unpaired) electrons. The van der Waals surface area contributed by atoms with Gasteiger partial charge in [0.1, 0.15) is 0 Å². The Balaban J connectivity index is 1.84. The maximum absolute atomic E-state index is 3.68. The molecule has 104 valence electrons. The van der Waals surface area contributed by atoms with Gasteiger partial charge in [0.25, 0.3) is 0 Å². The molecule has 3 rings (SSSR count). The topological polar surface area (TPSA) is 15.3 Å². The summed E-state index contributed by atoms with van der Waals surface area (Å²) in [5.41, 5.74) is 4.12. The Labute approximate surface area is 121 Å². The molecular weight excluding hydrogens is 244 g/mol. The summed E-state index contributed by atoms with van der Waals surface area (Å²) in [4.78, 5) is 2.52. The third-order valence-electron chi connectivity index (χ3n) is 4.06. The Bertz CT molecular complexity index is 550. The number of aryl methyl sites for hydroxylation is 1. The average molecular weight is 266 g/mol. The van der Waals surface area contributed by atoms with Gasteiger partial charge in [-0.25, -0.2) is 0 Å². The van der Waals surface area contributed by atoms with Crippen LogP contribution in [0.4, 0.5) is 5.69 Å². The Morgan fingerprint density at radius 1 is 1.00 bits per heavy atom. The molecule has 1 atom stereocenters. The zero-order chi connectivity index (χ0) is 13.8. The monoisotopic (exact) mass is 266 g/mol. The first-order chi connectivity index (χ1) is 9.84. The van der Waals surface area contributed by atoms with Gasteiger partial charge in [0, 0.05) is 24.8 Å². The SMILES string of the molecule is Cc1ccccc1N1CCCNC(c2ccccc2)C1. The summed E-state index contributed by atoms with van der Waals surface area (Å²) in [5, 5.41) is 3.68. The highest BCUT2D eigenvalue weighted by Gasteiger charge is 2.19. The van der Waals surface area contributed by atoms with E-state index >= 15 is 0 Å². The fourth-order valence-corrected chi connectivity index (χ4v) is 2.97. The molecule has 0 amide bonds. The zero-order valence-corrected chi connectivity index (χ0v) is 12.0. The first kappa shape index (κ1) is 13.2. The Kier molecular flexibility index (Phi) is 4.03. The van der Waals surface area contributed by atoms with Gasteiger partial charge in [-0.2, -0.15) is 0 Å². The van der Waals surface area contributed by atoms with Crippen LogP contribution in [0.15, 0.2) is 54.6 Å². The lowest BCUT2D eigenvalue weighted by Gasteiger charge is -2.28. The van der Waals surface area contributed by atoms with Gasteiger partial charge in [0.2, 0.25) is 0 Å². The fraction of sp³-hybridized carbons (Fsp3) is 0.333. The third kappa shape index (κ3) is 2.86.